The van der Waals surface area contributed by atoms with Crippen LogP contribution in [0.1, 0.15) is 44.5 Å². The summed E-state index contributed by atoms with van der Waals surface area (Å²) in [5, 5.41) is 7.32. The Morgan fingerprint density at radius 2 is 2.05 bits per heavy atom. The Hall–Kier alpha value is -1.63. The molecule has 7 heteroatoms. The fraction of sp³-hybridized carbons (Fsp3) is 0.462. The molecule has 0 saturated heterocycles. The lowest BCUT2D eigenvalue weighted by Crippen LogP contribution is -2.26. The number of aromatic nitrogens is 3. The van der Waals surface area contributed by atoms with Gasteiger partial charge in [-0.3, -0.25) is 4.79 Å². The zero-order valence-corrected chi connectivity index (χ0v) is 13.4. The molecule has 0 aliphatic heterocycles. The molecule has 0 saturated carbocycles. The third-order valence-electron chi connectivity index (χ3n) is 2.81. The Balaban J connectivity index is 2.26. The van der Waals surface area contributed by atoms with Gasteiger partial charge >= 0.3 is 0 Å². The predicted molar refractivity (Wildman–Crippen MR) is 79.9 cm³/mol. The molecule has 2 aromatic heterocycles. The monoisotopic (exact) mass is 340 g/mol. The van der Waals surface area contributed by atoms with Gasteiger partial charge in [-0.25, -0.2) is 9.67 Å². The molecular formula is C13H17BrN4O2. The van der Waals surface area contributed by atoms with Gasteiger partial charge < -0.3 is 9.73 Å². The normalized spacial score (nSPS) is 12.7. The lowest BCUT2D eigenvalue weighted by Gasteiger charge is -2.15. The van der Waals surface area contributed by atoms with Gasteiger partial charge in [-0.15, -0.1) is 0 Å². The van der Waals surface area contributed by atoms with Crippen molar-refractivity contribution in [2.45, 2.75) is 39.8 Å². The number of halogens is 1. The molecular weight excluding hydrogens is 324 g/mol. The Morgan fingerprint density at radius 1 is 1.35 bits per heavy atom. The second-order valence-electron chi connectivity index (χ2n) is 4.89. The fourth-order valence-corrected chi connectivity index (χ4v) is 2.18. The zero-order valence-electron chi connectivity index (χ0n) is 11.8. The Kier molecular flexibility index (Phi) is 4.27. The number of hydrogen-bond acceptors (Lipinski definition) is 5. The van der Waals surface area contributed by atoms with E-state index in [0.29, 0.717) is 16.1 Å². The molecule has 0 bridgehead atoms. The second-order valence-corrected chi connectivity index (χ2v) is 5.68. The van der Waals surface area contributed by atoms with Gasteiger partial charge in [0.25, 0.3) is 5.56 Å². The van der Waals surface area contributed by atoms with E-state index in [1.54, 1.807) is 12.4 Å². The van der Waals surface area contributed by atoms with Crippen LogP contribution in [-0.2, 0) is 0 Å². The molecule has 2 rings (SSSR count). The van der Waals surface area contributed by atoms with Crippen molar-refractivity contribution >= 4 is 21.6 Å². The maximum atomic E-state index is 12.1. The summed E-state index contributed by atoms with van der Waals surface area (Å²) in [6.07, 6.45) is 3.29. The number of oxazole rings is 1. The molecule has 1 atom stereocenters. The largest absolute Gasteiger partial charge is 0.444 e. The molecule has 0 aliphatic rings. The van der Waals surface area contributed by atoms with E-state index in [0.717, 1.165) is 5.76 Å². The standard InChI is InChI=1S/C13H17BrN4O2/c1-7(2)18-13(19)11(14)10(6-16-18)17-9(4)12-15-5-8(3)20-12/h5-7,9,17H,1-4H3. The van der Waals surface area contributed by atoms with E-state index >= 15 is 0 Å². The van der Waals surface area contributed by atoms with E-state index in [1.165, 1.54) is 4.68 Å². The van der Waals surface area contributed by atoms with Gasteiger partial charge in [-0.2, -0.15) is 5.10 Å². The third-order valence-corrected chi connectivity index (χ3v) is 3.58. The van der Waals surface area contributed by atoms with Crippen molar-refractivity contribution in [3.8, 4) is 0 Å². The summed E-state index contributed by atoms with van der Waals surface area (Å²) < 4.78 is 7.34. The first-order valence-electron chi connectivity index (χ1n) is 6.36. The van der Waals surface area contributed by atoms with Crippen LogP contribution >= 0.6 is 15.9 Å². The summed E-state index contributed by atoms with van der Waals surface area (Å²) in [6, 6.07) is -0.143. The number of anilines is 1. The molecule has 2 heterocycles. The van der Waals surface area contributed by atoms with E-state index in [4.69, 9.17) is 4.42 Å². The second kappa shape index (κ2) is 5.78. The van der Waals surface area contributed by atoms with E-state index in [-0.39, 0.29) is 17.6 Å². The Labute approximate surface area is 125 Å². The molecule has 6 nitrogen and oxygen atoms in total. The molecule has 108 valence electrons. The summed E-state index contributed by atoms with van der Waals surface area (Å²) in [4.78, 5) is 16.3. The number of hydrogen-bond donors (Lipinski definition) is 1. The van der Waals surface area contributed by atoms with Crippen LogP contribution in [0.5, 0.6) is 0 Å². The summed E-state index contributed by atoms with van der Waals surface area (Å²) >= 11 is 3.32. The topological polar surface area (TPSA) is 73.0 Å². The van der Waals surface area contributed by atoms with E-state index in [9.17, 15) is 4.79 Å². The minimum Gasteiger partial charge on any atom is -0.444 e. The molecule has 0 aliphatic carbocycles. The lowest BCUT2D eigenvalue weighted by atomic mass is 10.3. The lowest BCUT2D eigenvalue weighted by molar-refractivity contribution is 0.453. The van der Waals surface area contributed by atoms with Crippen LogP contribution in [0.25, 0.3) is 0 Å². The highest BCUT2D eigenvalue weighted by molar-refractivity contribution is 9.10. The van der Waals surface area contributed by atoms with Crippen LogP contribution in [0, 0.1) is 6.92 Å². The summed E-state index contributed by atoms with van der Waals surface area (Å²) in [7, 11) is 0. The Morgan fingerprint density at radius 3 is 2.60 bits per heavy atom. The van der Waals surface area contributed by atoms with Gasteiger partial charge in [0.1, 0.15) is 16.3 Å². The fourth-order valence-electron chi connectivity index (χ4n) is 1.78. The van der Waals surface area contributed by atoms with Crippen LogP contribution in [0.15, 0.2) is 26.1 Å². The molecule has 0 fully saturated rings. The Bertz CT molecular complexity index is 663. The maximum absolute atomic E-state index is 12.1. The quantitative estimate of drug-likeness (QED) is 0.925. The van der Waals surface area contributed by atoms with Gasteiger partial charge in [0, 0.05) is 0 Å². The SMILES string of the molecule is Cc1cnc(C(C)Nc2cnn(C(C)C)c(=O)c2Br)o1. The smallest absolute Gasteiger partial charge is 0.283 e. The van der Waals surface area contributed by atoms with Crippen molar-refractivity contribution in [2.24, 2.45) is 0 Å². The molecule has 0 amide bonds. The average Bonchev–Trinajstić information content (AvgIpc) is 2.81. The van der Waals surface area contributed by atoms with Crippen LogP contribution in [0.4, 0.5) is 5.69 Å². The summed E-state index contributed by atoms with van der Waals surface area (Å²) in [5.74, 6) is 1.32. The summed E-state index contributed by atoms with van der Waals surface area (Å²) in [5.41, 5.74) is 0.455. The number of aryl methyl sites for hydroxylation is 1. The van der Waals surface area contributed by atoms with Crippen molar-refractivity contribution in [3.05, 3.63) is 38.9 Å². The highest BCUT2D eigenvalue weighted by atomic mass is 79.9. The molecule has 2 aromatic rings. The van der Waals surface area contributed by atoms with Crippen LogP contribution in [0.3, 0.4) is 0 Å². The van der Waals surface area contributed by atoms with Gasteiger partial charge in [-0.1, -0.05) is 0 Å². The van der Waals surface area contributed by atoms with E-state index < -0.39 is 0 Å². The first-order valence-corrected chi connectivity index (χ1v) is 7.15. The molecule has 0 spiro atoms. The van der Waals surface area contributed by atoms with E-state index in [1.807, 2.05) is 27.7 Å². The van der Waals surface area contributed by atoms with Crippen molar-refractivity contribution in [1.29, 1.82) is 0 Å². The minimum atomic E-state index is -0.166. The molecule has 0 aromatic carbocycles. The van der Waals surface area contributed by atoms with Gasteiger partial charge in [0.2, 0.25) is 5.89 Å². The molecule has 20 heavy (non-hydrogen) atoms. The van der Waals surface area contributed by atoms with E-state index in [2.05, 4.69) is 31.3 Å². The van der Waals surface area contributed by atoms with Crippen molar-refractivity contribution in [3.63, 3.8) is 0 Å². The van der Waals surface area contributed by atoms with Gasteiger partial charge in [-0.05, 0) is 43.6 Å². The van der Waals surface area contributed by atoms with Crippen molar-refractivity contribution < 1.29 is 4.42 Å². The predicted octanol–water partition coefficient (Wildman–Crippen LogP) is 3.06. The highest BCUT2D eigenvalue weighted by Gasteiger charge is 2.16. The molecule has 1 unspecified atom stereocenters. The van der Waals surface area contributed by atoms with Gasteiger partial charge in [0.15, 0.2) is 0 Å². The van der Waals surface area contributed by atoms with Crippen molar-refractivity contribution in [1.82, 2.24) is 14.8 Å². The first-order chi connectivity index (χ1) is 9.40. The van der Waals surface area contributed by atoms with Crippen LogP contribution < -0.4 is 10.9 Å². The third kappa shape index (κ3) is 2.92. The van der Waals surface area contributed by atoms with Crippen LogP contribution in [-0.4, -0.2) is 14.8 Å². The summed E-state index contributed by atoms with van der Waals surface area (Å²) in [6.45, 7) is 7.56. The minimum absolute atomic E-state index is 0.0136. The highest BCUT2D eigenvalue weighted by Crippen LogP contribution is 2.23. The first kappa shape index (κ1) is 14.8. The van der Waals surface area contributed by atoms with Crippen LogP contribution in [0.2, 0.25) is 0 Å². The van der Waals surface area contributed by atoms with Gasteiger partial charge in [0.05, 0.1) is 24.1 Å². The number of rotatable bonds is 4. The molecule has 1 N–H and O–H groups in total. The molecule has 0 radical (unpaired) electrons. The number of nitrogens with one attached hydrogen (secondary N) is 1. The average molecular weight is 341 g/mol. The zero-order chi connectivity index (χ0) is 14.9. The maximum Gasteiger partial charge on any atom is 0.283 e. The van der Waals surface area contributed by atoms with Crippen molar-refractivity contribution in [2.75, 3.05) is 5.32 Å². The number of nitrogens with zero attached hydrogens (tertiary/aromatic N) is 3.